The second-order valence-electron chi connectivity index (χ2n) is 2.09. The van der Waals surface area contributed by atoms with Gasteiger partial charge in [0.25, 0.3) is 0 Å². The zero-order valence-electron chi connectivity index (χ0n) is 5.77. The average molecular weight is 190 g/mol. The van der Waals surface area contributed by atoms with Gasteiger partial charge in [0.05, 0.1) is 10.0 Å². The molecule has 0 unspecified atom stereocenters. The summed E-state index contributed by atoms with van der Waals surface area (Å²) >= 11 is 11.5. The average Bonchev–Trinajstić information content (AvgIpc) is 1.99. The van der Waals surface area contributed by atoms with E-state index in [1.54, 1.807) is 12.1 Å². The van der Waals surface area contributed by atoms with E-state index in [0.29, 0.717) is 16.5 Å². The van der Waals surface area contributed by atoms with E-state index in [1.807, 2.05) is 0 Å². The molecule has 0 saturated carbocycles. The maximum absolute atomic E-state index is 8.61. The molecule has 0 aliphatic heterocycles. The maximum atomic E-state index is 8.61. The molecule has 1 aromatic carbocycles. The predicted molar refractivity (Wildman–Crippen MR) is 46.1 cm³/mol. The molecule has 0 atom stereocenters. The molecular formula is C8H7Cl2O. The van der Waals surface area contributed by atoms with Crippen molar-refractivity contribution in [3.8, 4) is 0 Å². The molecular weight excluding hydrogens is 183 g/mol. The summed E-state index contributed by atoms with van der Waals surface area (Å²) in [5.41, 5.74) is 0.765. The molecule has 0 aliphatic rings. The van der Waals surface area contributed by atoms with Gasteiger partial charge in [0.2, 0.25) is 0 Å². The number of aliphatic hydroxyl groups is 1. The van der Waals surface area contributed by atoms with Crippen LogP contribution in [0.2, 0.25) is 10.0 Å². The highest BCUT2D eigenvalue weighted by molar-refractivity contribution is 6.42. The number of hydrogen-bond donors (Lipinski definition) is 1. The third-order valence-corrected chi connectivity index (χ3v) is 2.17. The molecule has 0 aliphatic carbocycles. The van der Waals surface area contributed by atoms with Crippen LogP contribution in [0, 0.1) is 6.07 Å². The minimum Gasteiger partial charge on any atom is -0.396 e. The van der Waals surface area contributed by atoms with Gasteiger partial charge in [-0.25, -0.2) is 0 Å². The third kappa shape index (κ3) is 2.09. The van der Waals surface area contributed by atoms with Gasteiger partial charge in [-0.2, -0.15) is 0 Å². The maximum Gasteiger partial charge on any atom is 0.0631 e. The first-order chi connectivity index (χ1) is 5.25. The SMILES string of the molecule is OCCc1[c]ccc(Cl)c1Cl. The van der Waals surface area contributed by atoms with Gasteiger partial charge >= 0.3 is 0 Å². The van der Waals surface area contributed by atoms with E-state index in [1.165, 1.54) is 0 Å². The van der Waals surface area contributed by atoms with E-state index in [9.17, 15) is 0 Å². The predicted octanol–water partition coefficient (Wildman–Crippen LogP) is 2.33. The van der Waals surface area contributed by atoms with Gasteiger partial charge in [0.15, 0.2) is 0 Å². The molecule has 0 amide bonds. The highest BCUT2D eigenvalue weighted by atomic mass is 35.5. The van der Waals surface area contributed by atoms with Crippen LogP contribution in [0.25, 0.3) is 0 Å². The summed E-state index contributed by atoms with van der Waals surface area (Å²) in [5, 5.41) is 9.61. The fraction of sp³-hybridized carbons (Fsp3) is 0.250. The van der Waals surface area contributed by atoms with Gasteiger partial charge in [0, 0.05) is 6.61 Å². The van der Waals surface area contributed by atoms with Crippen molar-refractivity contribution in [1.82, 2.24) is 0 Å². The second kappa shape index (κ2) is 3.96. The van der Waals surface area contributed by atoms with Gasteiger partial charge in [-0.05, 0) is 24.1 Å². The van der Waals surface area contributed by atoms with Crippen LogP contribution in [-0.2, 0) is 6.42 Å². The van der Waals surface area contributed by atoms with Crippen LogP contribution in [0.5, 0.6) is 0 Å². The lowest BCUT2D eigenvalue weighted by Crippen LogP contribution is -1.91. The topological polar surface area (TPSA) is 20.2 Å². The molecule has 1 radical (unpaired) electrons. The number of halogens is 2. The highest BCUT2D eigenvalue weighted by Crippen LogP contribution is 2.25. The summed E-state index contributed by atoms with van der Waals surface area (Å²) in [6, 6.07) is 6.27. The third-order valence-electron chi connectivity index (χ3n) is 1.32. The lowest BCUT2D eigenvalue weighted by atomic mass is 10.2. The second-order valence-corrected chi connectivity index (χ2v) is 2.88. The fourth-order valence-electron chi connectivity index (χ4n) is 0.790. The summed E-state index contributed by atoms with van der Waals surface area (Å²) in [6.45, 7) is 0.0660. The van der Waals surface area contributed by atoms with Gasteiger partial charge in [-0.15, -0.1) is 0 Å². The van der Waals surface area contributed by atoms with Crippen LogP contribution in [0.3, 0.4) is 0 Å². The fourth-order valence-corrected chi connectivity index (χ4v) is 1.18. The van der Waals surface area contributed by atoms with E-state index < -0.39 is 0 Å². The van der Waals surface area contributed by atoms with Crippen molar-refractivity contribution in [2.24, 2.45) is 0 Å². The Bertz CT molecular complexity index is 248. The molecule has 3 heteroatoms. The number of rotatable bonds is 2. The lowest BCUT2D eigenvalue weighted by molar-refractivity contribution is 0.299. The van der Waals surface area contributed by atoms with Crippen molar-refractivity contribution >= 4 is 23.2 Å². The molecule has 1 N–H and O–H groups in total. The number of benzene rings is 1. The molecule has 0 spiro atoms. The van der Waals surface area contributed by atoms with E-state index in [-0.39, 0.29) is 6.61 Å². The first kappa shape index (κ1) is 8.85. The molecule has 1 aromatic rings. The van der Waals surface area contributed by atoms with Crippen molar-refractivity contribution in [1.29, 1.82) is 0 Å². The molecule has 0 saturated heterocycles. The Kier molecular flexibility index (Phi) is 3.18. The van der Waals surface area contributed by atoms with Gasteiger partial charge < -0.3 is 5.11 Å². The van der Waals surface area contributed by atoms with E-state index in [2.05, 4.69) is 6.07 Å². The van der Waals surface area contributed by atoms with Crippen molar-refractivity contribution in [3.05, 3.63) is 33.8 Å². The van der Waals surface area contributed by atoms with Crippen LogP contribution < -0.4 is 0 Å². The minimum absolute atomic E-state index is 0.0660. The van der Waals surface area contributed by atoms with Crippen LogP contribution in [-0.4, -0.2) is 11.7 Å². The molecule has 59 valence electrons. The Morgan fingerprint density at radius 1 is 1.45 bits per heavy atom. The molecule has 1 rings (SSSR count). The van der Waals surface area contributed by atoms with Gasteiger partial charge in [0.1, 0.15) is 0 Å². The number of aliphatic hydroxyl groups excluding tert-OH is 1. The van der Waals surface area contributed by atoms with Crippen LogP contribution in [0.15, 0.2) is 12.1 Å². The van der Waals surface area contributed by atoms with Crippen molar-refractivity contribution in [2.75, 3.05) is 6.61 Å². The molecule has 0 aromatic heterocycles. The minimum atomic E-state index is 0.0660. The zero-order chi connectivity index (χ0) is 8.27. The molecule has 0 heterocycles. The zero-order valence-corrected chi connectivity index (χ0v) is 7.28. The molecule has 0 bridgehead atoms. The molecule has 11 heavy (non-hydrogen) atoms. The Morgan fingerprint density at radius 3 is 2.82 bits per heavy atom. The Morgan fingerprint density at radius 2 is 2.18 bits per heavy atom. The Labute approximate surface area is 75.6 Å². The first-order valence-electron chi connectivity index (χ1n) is 3.21. The van der Waals surface area contributed by atoms with Crippen LogP contribution in [0.1, 0.15) is 5.56 Å². The monoisotopic (exact) mass is 189 g/mol. The highest BCUT2D eigenvalue weighted by Gasteiger charge is 2.02. The molecule has 1 nitrogen and oxygen atoms in total. The summed E-state index contributed by atoms with van der Waals surface area (Å²) in [4.78, 5) is 0. The summed E-state index contributed by atoms with van der Waals surface area (Å²) in [6.07, 6.45) is 0.499. The lowest BCUT2D eigenvalue weighted by Gasteiger charge is -2.01. The summed E-state index contributed by atoms with van der Waals surface area (Å²) in [7, 11) is 0. The Hall–Kier alpha value is -0.240. The van der Waals surface area contributed by atoms with Gasteiger partial charge in [-0.1, -0.05) is 29.3 Å². The van der Waals surface area contributed by atoms with Gasteiger partial charge in [-0.3, -0.25) is 0 Å². The smallest absolute Gasteiger partial charge is 0.0631 e. The van der Waals surface area contributed by atoms with E-state index in [4.69, 9.17) is 28.3 Å². The standard InChI is InChI=1S/C8H7Cl2O/c9-7-3-1-2-6(4-5-11)8(7)10/h1,3,11H,4-5H2. The quantitative estimate of drug-likeness (QED) is 0.758. The summed E-state index contributed by atoms with van der Waals surface area (Å²) in [5.74, 6) is 0. The molecule has 0 fully saturated rings. The van der Waals surface area contributed by atoms with E-state index >= 15 is 0 Å². The van der Waals surface area contributed by atoms with Crippen LogP contribution in [0.4, 0.5) is 0 Å². The van der Waals surface area contributed by atoms with Crippen molar-refractivity contribution < 1.29 is 5.11 Å². The first-order valence-corrected chi connectivity index (χ1v) is 3.96. The van der Waals surface area contributed by atoms with Crippen molar-refractivity contribution in [3.63, 3.8) is 0 Å². The Balaban J connectivity index is 2.96. The largest absolute Gasteiger partial charge is 0.396 e. The normalized spacial score (nSPS) is 10.1. The van der Waals surface area contributed by atoms with Crippen LogP contribution >= 0.6 is 23.2 Å². The summed E-state index contributed by atoms with van der Waals surface area (Å²) < 4.78 is 0. The van der Waals surface area contributed by atoms with E-state index in [0.717, 1.165) is 5.56 Å². The number of hydrogen-bond acceptors (Lipinski definition) is 1. The van der Waals surface area contributed by atoms with Crippen molar-refractivity contribution in [2.45, 2.75) is 6.42 Å².